The first-order valence-corrected chi connectivity index (χ1v) is 6.33. The van der Waals surface area contributed by atoms with Crippen LogP contribution in [0.4, 0.5) is 11.4 Å². The summed E-state index contributed by atoms with van der Waals surface area (Å²) in [4.78, 5) is 12.7. The Morgan fingerprint density at radius 3 is 3.06 bits per heavy atom. The van der Waals surface area contributed by atoms with Crippen LogP contribution >= 0.6 is 11.6 Å². The Hall–Kier alpha value is -1.33. The Balaban J connectivity index is 2.23. The maximum absolute atomic E-state index is 11.0. The molecule has 1 unspecified atom stereocenters. The predicted octanol–water partition coefficient (Wildman–Crippen LogP) is 2.29. The second-order valence-corrected chi connectivity index (χ2v) is 4.98. The first kappa shape index (κ1) is 13.1. The molecule has 0 aliphatic carbocycles. The Morgan fingerprint density at radius 2 is 2.39 bits per heavy atom. The summed E-state index contributed by atoms with van der Waals surface area (Å²) in [6.07, 6.45) is 1.05. The molecule has 0 spiro atoms. The van der Waals surface area contributed by atoms with Crippen molar-refractivity contribution in [2.45, 2.75) is 6.42 Å². The Labute approximate surface area is 111 Å². The van der Waals surface area contributed by atoms with Gasteiger partial charge >= 0.3 is 0 Å². The summed E-state index contributed by atoms with van der Waals surface area (Å²) in [6.45, 7) is 2.61. The third-order valence-electron chi connectivity index (χ3n) is 3.25. The van der Waals surface area contributed by atoms with Crippen LogP contribution in [0.25, 0.3) is 0 Å². The van der Waals surface area contributed by atoms with Gasteiger partial charge in [0.15, 0.2) is 0 Å². The van der Waals surface area contributed by atoms with Crippen LogP contribution in [0.3, 0.4) is 0 Å². The maximum atomic E-state index is 11.0. The molecule has 1 heterocycles. The number of halogens is 1. The molecule has 1 atom stereocenters. The average molecular weight is 270 g/mol. The Morgan fingerprint density at radius 1 is 1.61 bits per heavy atom. The van der Waals surface area contributed by atoms with Crippen LogP contribution in [0, 0.1) is 16.0 Å². The molecular formula is C12H16ClN3O2. The number of rotatable bonds is 4. The number of benzene rings is 1. The molecule has 1 aliphatic heterocycles. The molecule has 2 rings (SSSR count). The summed E-state index contributed by atoms with van der Waals surface area (Å²) in [5.41, 5.74) is 0.760. The first-order chi connectivity index (χ1) is 8.61. The van der Waals surface area contributed by atoms with E-state index in [-0.39, 0.29) is 10.6 Å². The van der Waals surface area contributed by atoms with Crippen molar-refractivity contribution < 1.29 is 4.92 Å². The summed E-state index contributed by atoms with van der Waals surface area (Å²) in [5, 5.41) is 14.7. The maximum Gasteiger partial charge on any atom is 0.292 e. The lowest BCUT2D eigenvalue weighted by atomic mass is 10.1. The van der Waals surface area contributed by atoms with Crippen LogP contribution in [0.15, 0.2) is 18.2 Å². The van der Waals surface area contributed by atoms with E-state index in [9.17, 15) is 10.1 Å². The van der Waals surface area contributed by atoms with E-state index in [2.05, 4.69) is 5.32 Å². The van der Waals surface area contributed by atoms with Gasteiger partial charge in [-0.3, -0.25) is 10.1 Å². The molecular weight excluding hydrogens is 254 g/mol. The molecule has 0 radical (unpaired) electrons. The molecule has 0 aromatic heterocycles. The second-order valence-electron chi connectivity index (χ2n) is 4.55. The van der Waals surface area contributed by atoms with Gasteiger partial charge in [0.25, 0.3) is 5.69 Å². The zero-order valence-electron chi connectivity index (χ0n) is 10.2. The summed E-state index contributed by atoms with van der Waals surface area (Å²) in [5.74, 6) is 0.536. The molecule has 6 heteroatoms. The molecule has 5 nitrogen and oxygen atoms in total. The van der Waals surface area contributed by atoms with Gasteiger partial charge in [-0.2, -0.15) is 0 Å². The van der Waals surface area contributed by atoms with E-state index >= 15 is 0 Å². The highest BCUT2D eigenvalue weighted by Crippen LogP contribution is 2.34. The number of anilines is 1. The molecule has 1 aliphatic rings. The van der Waals surface area contributed by atoms with Crippen LogP contribution in [0.5, 0.6) is 0 Å². The quantitative estimate of drug-likeness (QED) is 0.673. The minimum atomic E-state index is -0.350. The van der Waals surface area contributed by atoms with Gasteiger partial charge in [-0.1, -0.05) is 11.6 Å². The topological polar surface area (TPSA) is 58.4 Å². The van der Waals surface area contributed by atoms with E-state index in [0.29, 0.717) is 16.6 Å². The van der Waals surface area contributed by atoms with E-state index in [0.717, 1.165) is 26.1 Å². The monoisotopic (exact) mass is 269 g/mol. The normalized spacial score (nSPS) is 19.2. The van der Waals surface area contributed by atoms with E-state index in [4.69, 9.17) is 11.6 Å². The van der Waals surface area contributed by atoms with Gasteiger partial charge in [0.1, 0.15) is 5.69 Å². The lowest BCUT2D eigenvalue weighted by Crippen LogP contribution is -2.24. The number of nitro benzene ring substituents is 1. The molecule has 0 saturated carbocycles. The zero-order chi connectivity index (χ0) is 13.1. The minimum Gasteiger partial charge on any atom is -0.366 e. The van der Waals surface area contributed by atoms with Gasteiger partial charge in [0, 0.05) is 24.2 Å². The molecule has 98 valence electrons. The predicted molar refractivity (Wildman–Crippen MR) is 72.4 cm³/mol. The van der Waals surface area contributed by atoms with E-state index in [1.54, 1.807) is 12.1 Å². The minimum absolute atomic E-state index is 0.129. The summed E-state index contributed by atoms with van der Waals surface area (Å²) in [7, 11) is 1.92. The van der Waals surface area contributed by atoms with Gasteiger partial charge < -0.3 is 10.2 Å². The molecule has 0 bridgehead atoms. The zero-order valence-corrected chi connectivity index (χ0v) is 11.0. The SMILES string of the molecule is CNCC1CCN(c2cc(Cl)ccc2[N+](=O)[O-])C1. The van der Waals surface area contributed by atoms with Gasteiger partial charge in [-0.15, -0.1) is 0 Å². The molecule has 18 heavy (non-hydrogen) atoms. The van der Waals surface area contributed by atoms with Gasteiger partial charge in [0.05, 0.1) is 4.92 Å². The van der Waals surface area contributed by atoms with Crippen molar-refractivity contribution in [2.75, 3.05) is 31.6 Å². The summed E-state index contributed by atoms with van der Waals surface area (Å²) >= 11 is 5.94. The summed E-state index contributed by atoms with van der Waals surface area (Å²) < 4.78 is 0. The fraction of sp³-hybridized carbons (Fsp3) is 0.500. The van der Waals surface area contributed by atoms with Crippen LogP contribution < -0.4 is 10.2 Å². The molecule has 1 N–H and O–H groups in total. The van der Waals surface area contributed by atoms with Crippen molar-refractivity contribution in [3.05, 3.63) is 33.3 Å². The molecule has 0 amide bonds. The van der Waals surface area contributed by atoms with Crippen molar-refractivity contribution >= 4 is 23.0 Å². The standard InChI is InChI=1S/C12H16ClN3O2/c1-14-7-9-4-5-15(8-9)12-6-10(13)2-3-11(12)16(17)18/h2-3,6,9,14H,4-5,7-8H2,1H3. The average Bonchev–Trinajstić information content (AvgIpc) is 2.77. The van der Waals surface area contributed by atoms with Crippen LogP contribution in [0.1, 0.15) is 6.42 Å². The number of nitro groups is 1. The van der Waals surface area contributed by atoms with E-state index in [1.807, 2.05) is 11.9 Å². The highest BCUT2D eigenvalue weighted by Gasteiger charge is 2.27. The number of hydrogen-bond donors (Lipinski definition) is 1. The van der Waals surface area contributed by atoms with Crippen LogP contribution in [0.2, 0.25) is 5.02 Å². The lowest BCUT2D eigenvalue weighted by Gasteiger charge is -2.18. The van der Waals surface area contributed by atoms with Crippen molar-refractivity contribution in [3.63, 3.8) is 0 Å². The highest BCUT2D eigenvalue weighted by molar-refractivity contribution is 6.31. The third kappa shape index (κ3) is 2.73. The van der Waals surface area contributed by atoms with Crippen molar-refractivity contribution in [2.24, 2.45) is 5.92 Å². The number of hydrogen-bond acceptors (Lipinski definition) is 4. The Kier molecular flexibility index (Phi) is 4.04. The first-order valence-electron chi connectivity index (χ1n) is 5.95. The highest BCUT2D eigenvalue weighted by atomic mass is 35.5. The largest absolute Gasteiger partial charge is 0.366 e. The van der Waals surface area contributed by atoms with Crippen LogP contribution in [-0.2, 0) is 0 Å². The van der Waals surface area contributed by atoms with E-state index in [1.165, 1.54) is 6.07 Å². The van der Waals surface area contributed by atoms with Crippen molar-refractivity contribution in [1.29, 1.82) is 0 Å². The molecule has 1 aromatic rings. The van der Waals surface area contributed by atoms with E-state index < -0.39 is 0 Å². The van der Waals surface area contributed by atoms with Gasteiger partial charge in [0.2, 0.25) is 0 Å². The lowest BCUT2D eigenvalue weighted by molar-refractivity contribution is -0.384. The molecule has 1 aromatic carbocycles. The fourth-order valence-electron chi connectivity index (χ4n) is 2.41. The number of nitrogens with one attached hydrogen (secondary N) is 1. The van der Waals surface area contributed by atoms with Crippen LogP contribution in [-0.4, -0.2) is 31.6 Å². The molecule has 1 fully saturated rings. The second kappa shape index (κ2) is 5.54. The number of nitrogens with zero attached hydrogens (tertiary/aromatic N) is 2. The smallest absolute Gasteiger partial charge is 0.292 e. The van der Waals surface area contributed by atoms with Crippen molar-refractivity contribution in [1.82, 2.24) is 5.32 Å². The fourth-order valence-corrected chi connectivity index (χ4v) is 2.58. The van der Waals surface area contributed by atoms with Gasteiger partial charge in [-0.25, -0.2) is 0 Å². The Bertz CT molecular complexity index is 453. The third-order valence-corrected chi connectivity index (χ3v) is 3.49. The molecule has 1 saturated heterocycles. The summed E-state index contributed by atoms with van der Waals surface area (Å²) in [6, 6.07) is 4.72. The van der Waals surface area contributed by atoms with Gasteiger partial charge in [-0.05, 0) is 38.1 Å². The van der Waals surface area contributed by atoms with Crippen molar-refractivity contribution in [3.8, 4) is 0 Å².